The lowest BCUT2D eigenvalue weighted by Crippen LogP contribution is -2.47. The summed E-state index contributed by atoms with van der Waals surface area (Å²) in [4.78, 5) is 15.3. The molecule has 30 heavy (non-hydrogen) atoms. The molecule has 1 fully saturated rings. The molecule has 2 aliphatic heterocycles. The molecule has 2 aromatic carbocycles. The quantitative estimate of drug-likeness (QED) is 0.751. The molecule has 2 aromatic rings. The largest absolute Gasteiger partial charge is 0.496 e. The van der Waals surface area contributed by atoms with Crippen molar-refractivity contribution in [2.75, 3.05) is 26.7 Å². The standard InChI is InChI=1S/C23H28N2O4S/c1-17-14-21(9-10-22(17)29-2)30(27,28)25-12-5-8-20(16-25)23(26)24-13-11-18-6-3-4-7-19(18)15-24/h3-4,6-7,9-10,14,20H,5,8,11-13,15-16H2,1-2H3/t20-/m0/s1. The molecule has 0 unspecified atom stereocenters. The first kappa shape index (κ1) is 20.9. The van der Waals surface area contributed by atoms with Crippen LogP contribution in [0.4, 0.5) is 0 Å². The molecule has 7 heteroatoms. The van der Waals surface area contributed by atoms with Crippen LogP contribution in [0, 0.1) is 12.8 Å². The van der Waals surface area contributed by atoms with Crippen LogP contribution in [0.15, 0.2) is 47.4 Å². The minimum atomic E-state index is -3.65. The highest BCUT2D eigenvalue weighted by molar-refractivity contribution is 7.89. The third kappa shape index (κ3) is 3.96. The zero-order valence-electron chi connectivity index (χ0n) is 17.5. The monoisotopic (exact) mass is 428 g/mol. The van der Waals surface area contributed by atoms with Gasteiger partial charge in [0.15, 0.2) is 0 Å². The summed E-state index contributed by atoms with van der Waals surface area (Å²) in [5.41, 5.74) is 3.26. The van der Waals surface area contributed by atoms with Crippen molar-refractivity contribution in [2.45, 2.75) is 37.6 Å². The van der Waals surface area contributed by atoms with Crippen molar-refractivity contribution >= 4 is 15.9 Å². The van der Waals surface area contributed by atoms with Crippen molar-refractivity contribution < 1.29 is 17.9 Å². The third-order valence-electron chi connectivity index (χ3n) is 6.18. The van der Waals surface area contributed by atoms with Crippen LogP contribution in [0.2, 0.25) is 0 Å². The minimum Gasteiger partial charge on any atom is -0.496 e. The third-order valence-corrected chi connectivity index (χ3v) is 8.04. The van der Waals surface area contributed by atoms with E-state index in [1.54, 1.807) is 25.3 Å². The van der Waals surface area contributed by atoms with E-state index >= 15 is 0 Å². The van der Waals surface area contributed by atoms with E-state index in [0.717, 1.165) is 18.4 Å². The number of hydrogen-bond acceptors (Lipinski definition) is 4. The average Bonchev–Trinajstić information content (AvgIpc) is 2.78. The number of hydrogen-bond donors (Lipinski definition) is 0. The SMILES string of the molecule is COc1ccc(S(=O)(=O)N2CCC[C@H](C(=O)N3CCc4ccccc4C3)C2)cc1C. The van der Waals surface area contributed by atoms with Gasteiger partial charge in [-0.1, -0.05) is 24.3 Å². The predicted octanol–water partition coefficient (Wildman–Crippen LogP) is 2.99. The molecule has 1 amide bonds. The Kier molecular flexibility index (Phi) is 5.84. The van der Waals surface area contributed by atoms with E-state index < -0.39 is 10.0 Å². The number of piperidine rings is 1. The van der Waals surface area contributed by atoms with E-state index in [0.29, 0.717) is 31.8 Å². The van der Waals surface area contributed by atoms with Crippen LogP contribution >= 0.6 is 0 Å². The van der Waals surface area contributed by atoms with Crippen molar-refractivity contribution in [3.05, 3.63) is 59.2 Å². The summed E-state index contributed by atoms with van der Waals surface area (Å²) in [6.07, 6.45) is 2.27. The summed E-state index contributed by atoms with van der Waals surface area (Å²) in [6, 6.07) is 13.1. The molecule has 0 spiro atoms. The number of carbonyl (C=O) groups is 1. The van der Waals surface area contributed by atoms with Gasteiger partial charge >= 0.3 is 0 Å². The lowest BCUT2D eigenvalue weighted by atomic mass is 9.95. The van der Waals surface area contributed by atoms with Crippen molar-refractivity contribution in [3.8, 4) is 5.75 Å². The maximum atomic E-state index is 13.2. The average molecular weight is 429 g/mol. The van der Waals surface area contributed by atoms with Crippen molar-refractivity contribution in [1.82, 2.24) is 9.21 Å². The molecule has 1 saturated heterocycles. The Bertz CT molecular complexity index is 1050. The van der Waals surface area contributed by atoms with Crippen LogP contribution in [-0.4, -0.2) is 50.3 Å². The second kappa shape index (κ2) is 8.40. The molecule has 2 aliphatic rings. The Morgan fingerprint density at radius 3 is 2.60 bits per heavy atom. The van der Waals surface area contributed by atoms with Crippen LogP contribution in [0.5, 0.6) is 5.75 Å². The summed E-state index contributed by atoms with van der Waals surface area (Å²) < 4.78 is 33.1. The number of carbonyl (C=O) groups excluding carboxylic acids is 1. The molecule has 6 nitrogen and oxygen atoms in total. The minimum absolute atomic E-state index is 0.0651. The number of benzene rings is 2. The highest BCUT2D eigenvalue weighted by atomic mass is 32.2. The Morgan fingerprint density at radius 2 is 1.87 bits per heavy atom. The fourth-order valence-corrected chi connectivity index (χ4v) is 6.07. The van der Waals surface area contributed by atoms with Crippen LogP contribution < -0.4 is 4.74 Å². The van der Waals surface area contributed by atoms with Gasteiger partial charge in [-0.2, -0.15) is 4.31 Å². The molecule has 0 radical (unpaired) electrons. The lowest BCUT2D eigenvalue weighted by Gasteiger charge is -2.36. The first-order valence-corrected chi connectivity index (χ1v) is 11.8. The Hall–Kier alpha value is -2.38. The number of fused-ring (bicyclic) bond motifs is 1. The number of ether oxygens (including phenoxy) is 1. The Balaban J connectivity index is 1.49. The fourth-order valence-electron chi connectivity index (χ4n) is 4.46. The van der Waals surface area contributed by atoms with E-state index in [-0.39, 0.29) is 23.3 Å². The summed E-state index contributed by atoms with van der Waals surface area (Å²) >= 11 is 0. The summed E-state index contributed by atoms with van der Waals surface area (Å²) in [5.74, 6) is 0.430. The topological polar surface area (TPSA) is 66.9 Å². The highest BCUT2D eigenvalue weighted by Gasteiger charge is 2.36. The second-order valence-electron chi connectivity index (χ2n) is 8.11. The number of methoxy groups -OCH3 is 1. The molecule has 0 aromatic heterocycles. The van der Waals surface area contributed by atoms with E-state index in [4.69, 9.17) is 4.74 Å². The maximum Gasteiger partial charge on any atom is 0.243 e. The number of aryl methyl sites for hydroxylation is 1. The van der Waals surface area contributed by atoms with Gasteiger partial charge in [0.05, 0.1) is 17.9 Å². The summed E-state index contributed by atoms with van der Waals surface area (Å²) in [7, 11) is -2.08. The molecular weight excluding hydrogens is 400 g/mol. The lowest BCUT2D eigenvalue weighted by molar-refractivity contribution is -0.137. The van der Waals surface area contributed by atoms with E-state index in [9.17, 15) is 13.2 Å². The molecule has 160 valence electrons. The Morgan fingerprint density at radius 1 is 1.10 bits per heavy atom. The van der Waals surface area contributed by atoms with E-state index in [1.165, 1.54) is 15.4 Å². The molecule has 4 rings (SSSR count). The number of amides is 1. The molecule has 0 bridgehead atoms. The zero-order chi connectivity index (χ0) is 21.3. The Labute approximate surface area is 178 Å². The van der Waals surface area contributed by atoms with Gasteiger partial charge < -0.3 is 9.64 Å². The zero-order valence-corrected chi connectivity index (χ0v) is 18.3. The van der Waals surface area contributed by atoms with Gasteiger partial charge in [-0.15, -0.1) is 0 Å². The van der Waals surface area contributed by atoms with Gasteiger partial charge in [-0.3, -0.25) is 4.79 Å². The summed E-state index contributed by atoms with van der Waals surface area (Å²) in [6.45, 7) is 3.81. The normalized spacial score (nSPS) is 19.9. The highest BCUT2D eigenvalue weighted by Crippen LogP contribution is 2.29. The second-order valence-corrected chi connectivity index (χ2v) is 10.1. The number of sulfonamides is 1. The molecule has 0 N–H and O–H groups in total. The van der Waals surface area contributed by atoms with Crippen LogP contribution in [-0.2, 0) is 27.8 Å². The van der Waals surface area contributed by atoms with Gasteiger partial charge in [0, 0.05) is 26.2 Å². The van der Waals surface area contributed by atoms with E-state index in [1.807, 2.05) is 24.0 Å². The fraction of sp³-hybridized carbons (Fsp3) is 0.435. The molecule has 2 heterocycles. The van der Waals surface area contributed by atoms with Crippen LogP contribution in [0.1, 0.15) is 29.5 Å². The van der Waals surface area contributed by atoms with Crippen molar-refractivity contribution in [1.29, 1.82) is 0 Å². The van der Waals surface area contributed by atoms with Crippen molar-refractivity contribution in [2.24, 2.45) is 5.92 Å². The van der Waals surface area contributed by atoms with Gasteiger partial charge in [0.2, 0.25) is 15.9 Å². The van der Waals surface area contributed by atoms with Gasteiger partial charge in [0.25, 0.3) is 0 Å². The number of nitrogens with zero attached hydrogens (tertiary/aromatic N) is 2. The molecule has 1 atom stereocenters. The van der Waals surface area contributed by atoms with Crippen LogP contribution in [0.3, 0.4) is 0 Å². The first-order valence-electron chi connectivity index (χ1n) is 10.4. The van der Waals surface area contributed by atoms with E-state index in [2.05, 4.69) is 12.1 Å². The predicted molar refractivity (Wildman–Crippen MR) is 115 cm³/mol. The van der Waals surface area contributed by atoms with Gasteiger partial charge in [-0.25, -0.2) is 8.42 Å². The van der Waals surface area contributed by atoms with Crippen LogP contribution in [0.25, 0.3) is 0 Å². The molecule has 0 saturated carbocycles. The number of rotatable bonds is 4. The smallest absolute Gasteiger partial charge is 0.243 e. The van der Waals surface area contributed by atoms with Crippen molar-refractivity contribution in [3.63, 3.8) is 0 Å². The maximum absolute atomic E-state index is 13.2. The summed E-state index contributed by atoms with van der Waals surface area (Å²) in [5, 5.41) is 0. The van der Waals surface area contributed by atoms with Gasteiger partial charge in [-0.05, 0) is 61.1 Å². The van der Waals surface area contributed by atoms with Gasteiger partial charge in [0.1, 0.15) is 5.75 Å². The molecular formula is C23H28N2O4S. The first-order chi connectivity index (χ1) is 14.4. The molecule has 0 aliphatic carbocycles.